The summed E-state index contributed by atoms with van der Waals surface area (Å²) in [6, 6.07) is 2.44. The van der Waals surface area contributed by atoms with Crippen molar-refractivity contribution in [2.24, 2.45) is 5.92 Å². The SMILES string of the molecule is CCOC(=O)C1CCCN(Cc2cnc(Nc3ncc(-c4cc(C)nc(NC5CCCCC5)n4)s3)cn2)C1. The molecule has 1 aliphatic carbocycles. The largest absolute Gasteiger partial charge is 0.466 e. The molecule has 0 aromatic carbocycles. The number of rotatable bonds is 9. The second kappa shape index (κ2) is 12.6. The molecule has 11 heteroatoms. The highest BCUT2D eigenvalue weighted by molar-refractivity contribution is 7.18. The monoisotopic (exact) mass is 536 g/mol. The van der Waals surface area contributed by atoms with Crippen LogP contribution in [0.1, 0.15) is 63.3 Å². The summed E-state index contributed by atoms with van der Waals surface area (Å²) in [5, 5.41) is 7.51. The molecular formula is C27H36N8O2S. The fourth-order valence-electron chi connectivity index (χ4n) is 5.13. The number of esters is 1. The minimum absolute atomic E-state index is 0.0607. The number of nitrogens with zero attached hydrogens (tertiary/aromatic N) is 6. The molecule has 10 nitrogen and oxygen atoms in total. The van der Waals surface area contributed by atoms with Crippen molar-refractivity contribution in [3.63, 3.8) is 0 Å². The number of carbonyl (C=O) groups is 1. The van der Waals surface area contributed by atoms with Crippen LogP contribution in [0.4, 0.5) is 16.9 Å². The first-order valence-electron chi connectivity index (χ1n) is 13.6. The van der Waals surface area contributed by atoms with Crippen LogP contribution in [0.2, 0.25) is 0 Å². The Hall–Kier alpha value is -3.18. The molecule has 1 unspecified atom stereocenters. The van der Waals surface area contributed by atoms with Gasteiger partial charge in [0.2, 0.25) is 5.95 Å². The Balaban J connectivity index is 1.18. The predicted octanol–water partition coefficient (Wildman–Crippen LogP) is 4.96. The molecule has 4 heterocycles. The number of aryl methyl sites for hydroxylation is 1. The Labute approximate surface area is 227 Å². The lowest BCUT2D eigenvalue weighted by Gasteiger charge is -2.31. The Kier molecular flexibility index (Phi) is 8.75. The van der Waals surface area contributed by atoms with Gasteiger partial charge in [-0.2, -0.15) is 0 Å². The Morgan fingerprint density at radius 1 is 1.08 bits per heavy atom. The van der Waals surface area contributed by atoms with Gasteiger partial charge in [-0.1, -0.05) is 30.6 Å². The molecule has 1 saturated heterocycles. The predicted molar refractivity (Wildman–Crippen MR) is 148 cm³/mol. The van der Waals surface area contributed by atoms with Crippen molar-refractivity contribution in [1.29, 1.82) is 0 Å². The first-order valence-corrected chi connectivity index (χ1v) is 14.4. The van der Waals surface area contributed by atoms with Crippen molar-refractivity contribution < 1.29 is 9.53 Å². The number of anilines is 3. The normalized spacial score (nSPS) is 18.7. The van der Waals surface area contributed by atoms with Gasteiger partial charge in [-0.3, -0.25) is 14.7 Å². The van der Waals surface area contributed by atoms with E-state index in [4.69, 9.17) is 9.72 Å². The van der Waals surface area contributed by atoms with E-state index in [1.54, 1.807) is 12.4 Å². The molecule has 5 rings (SSSR count). The maximum absolute atomic E-state index is 12.1. The number of hydrogen-bond acceptors (Lipinski definition) is 11. The molecule has 0 bridgehead atoms. The van der Waals surface area contributed by atoms with Crippen LogP contribution >= 0.6 is 11.3 Å². The van der Waals surface area contributed by atoms with E-state index in [0.29, 0.717) is 37.5 Å². The van der Waals surface area contributed by atoms with Gasteiger partial charge in [0.15, 0.2) is 10.9 Å². The molecule has 0 radical (unpaired) electrons. The molecule has 0 spiro atoms. The number of carbonyl (C=O) groups excluding carboxylic acids is 1. The van der Waals surface area contributed by atoms with E-state index in [-0.39, 0.29) is 11.9 Å². The van der Waals surface area contributed by atoms with Crippen molar-refractivity contribution >= 4 is 34.2 Å². The number of hydrogen-bond donors (Lipinski definition) is 2. The van der Waals surface area contributed by atoms with Gasteiger partial charge in [0.25, 0.3) is 0 Å². The summed E-state index contributed by atoms with van der Waals surface area (Å²) in [5.74, 6) is 1.17. The zero-order valence-electron chi connectivity index (χ0n) is 22.2. The summed E-state index contributed by atoms with van der Waals surface area (Å²) in [4.78, 5) is 38.4. The summed E-state index contributed by atoms with van der Waals surface area (Å²) in [6.45, 7) is 6.57. The third kappa shape index (κ3) is 7.02. The second-order valence-electron chi connectivity index (χ2n) is 10.1. The molecule has 1 atom stereocenters. The summed E-state index contributed by atoms with van der Waals surface area (Å²) in [6.07, 6.45) is 13.4. The lowest BCUT2D eigenvalue weighted by atomic mass is 9.96. The van der Waals surface area contributed by atoms with E-state index < -0.39 is 0 Å². The molecule has 202 valence electrons. The first-order chi connectivity index (χ1) is 18.6. The molecular weight excluding hydrogens is 500 g/mol. The smallest absolute Gasteiger partial charge is 0.310 e. The van der Waals surface area contributed by atoms with Gasteiger partial charge >= 0.3 is 5.97 Å². The van der Waals surface area contributed by atoms with Crippen molar-refractivity contribution in [3.05, 3.63) is 36.0 Å². The molecule has 3 aromatic rings. The van der Waals surface area contributed by atoms with Gasteiger partial charge in [0.1, 0.15) is 0 Å². The van der Waals surface area contributed by atoms with E-state index in [9.17, 15) is 4.79 Å². The molecule has 1 saturated carbocycles. The van der Waals surface area contributed by atoms with Crippen LogP contribution in [0, 0.1) is 12.8 Å². The van der Waals surface area contributed by atoms with Gasteiger partial charge in [-0.25, -0.2) is 19.9 Å². The topological polar surface area (TPSA) is 118 Å². The quantitative estimate of drug-likeness (QED) is 0.363. The maximum Gasteiger partial charge on any atom is 0.310 e. The van der Waals surface area contributed by atoms with Crippen LogP contribution < -0.4 is 10.6 Å². The fourth-order valence-corrected chi connectivity index (χ4v) is 5.91. The standard InChI is InChI=1S/C27H36N8O2S/c1-3-37-25(36)19-8-7-11-35(16-19)17-21-13-29-24(15-28-21)34-27-30-14-23(38-27)22-12-18(2)31-26(33-22)32-20-9-5-4-6-10-20/h12-15,19-20H,3-11,16-17H2,1-2H3,(H,29,30,34)(H,31,32,33). The minimum atomic E-state index is -0.0977. The van der Waals surface area contributed by atoms with Crippen molar-refractivity contribution in [1.82, 2.24) is 29.8 Å². The molecule has 2 fully saturated rings. The van der Waals surface area contributed by atoms with Crippen molar-refractivity contribution in [3.8, 4) is 10.6 Å². The Bertz CT molecular complexity index is 1210. The summed E-state index contributed by atoms with van der Waals surface area (Å²) in [5.41, 5.74) is 2.67. The number of nitrogens with one attached hydrogen (secondary N) is 2. The van der Waals surface area contributed by atoms with Gasteiger partial charge < -0.3 is 15.4 Å². The second-order valence-corrected chi connectivity index (χ2v) is 11.1. The van der Waals surface area contributed by atoms with E-state index in [1.165, 1.54) is 43.4 Å². The van der Waals surface area contributed by atoms with Crippen LogP contribution in [0.5, 0.6) is 0 Å². The molecule has 38 heavy (non-hydrogen) atoms. The first kappa shape index (κ1) is 26.4. The van der Waals surface area contributed by atoms with Crippen molar-refractivity contribution in [2.75, 3.05) is 30.3 Å². The molecule has 3 aromatic heterocycles. The average molecular weight is 537 g/mol. The number of aromatic nitrogens is 5. The Morgan fingerprint density at radius 2 is 1.95 bits per heavy atom. The zero-order chi connectivity index (χ0) is 26.3. The summed E-state index contributed by atoms with van der Waals surface area (Å²) in [7, 11) is 0. The Morgan fingerprint density at radius 3 is 2.74 bits per heavy atom. The molecule has 2 N–H and O–H groups in total. The molecule has 0 amide bonds. The van der Waals surface area contributed by atoms with Crippen LogP contribution in [-0.4, -0.2) is 61.5 Å². The van der Waals surface area contributed by atoms with Crippen LogP contribution in [0.15, 0.2) is 24.7 Å². The van der Waals surface area contributed by atoms with Gasteiger partial charge in [0.05, 0.1) is 41.2 Å². The lowest BCUT2D eigenvalue weighted by Crippen LogP contribution is -2.39. The van der Waals surface area contributed by atoms with Crippen LogP contribution in [-0.2, 0) is 16.1 Å². The van der Waals surface area contributed by atoms with Gasteiger partial charge in [-0.15, -0.1) is 0 Å². The number of thiazole rings is 1. The van der Waals surface area contributed by atoms with Gasteiger partial charge in [0, 0.05) is 31.0 Å². The van der Waals surface area contributed by atoms with E-state index in [1.807, 2.05) is 26.1 Å². The van der Waals surface area contributed by atoms with Gasteiger partial charge in [-0.05, 0) is 52.1 Å². The third-order valence-corrected chi connectivity index (χ3v) is 7.94. The van der Waals surface area contributed by atoms with E-state index in [2.05, 4.69) is 35.5 Å². The average Bonchev–Trinajstić information content (AvgIpc) is 3.39. The number of likely N-dealkylation sites (tertiary alicyclic amines) is 1. The summed E-state index contributed by atoms with van der Waals surface area (Å²) >= 11 is 1.52. The number of piperidine rings is 1. The zero-order valence-corrected chi connectivity index (χ0v) is 23.0. The highest BCUT2D eigenvalue weighted by atomic mass is 32.1. The highest BCUT2D eigenvalue weighted by Gasteiger charge is 2.27. The maximum atomic E-state index is 12.1. The van der Waals surface area contributed by atoms with E-state index in [0.717, 1.165) is 46.5 Å². The van der Waals surface area contributed by atoms with Crippen LogP contribution in [0.3, 0.4) is 0 Å². The lowest BCUT2D eigenvalue weighted by molar-refractivity contribution is -0.150. The molecule has 2 aliphatic rings. The highest BCUT2D eigenvalue weighted by Crippen LogP contribution is 2.30. The third-order valence-electron chi connectivity index (χ3n) is 7.00. The summed E-state index contributed by atoms with van der Waals surface area (Å²) < 4.78 is 5.21. The fraction of sp³-hybridized carbons (Fsp3) is 0.556. The number of ether oxygens (including phenoxy) is 1. The molecule has 1 aliphatic heterocycles. The van der Waals surface area contributed by atoms with Crippen LogP contribution in [0.25, 0.3) is 10.6 Å². The van der Waals surface area contributed by atoms with E-state index >= 15 is 0 Å². The minimum Gasteiger partial charge on any atom is -0.466 e. The van der Waals surface area contributed by atoms with Crippen molar-refractivity contribution in [2.45, 2.75) is 71.4 Å².